The van der Waals surface area contributed by atoms with Gasteiger partial charge in [0.25, 0.3) is 0 Å². The van der Waals surface area contributed by atoms with E-state index in [4.69, 9.17) is 21.9 Å². The molecule has 0 aliphatic rings. The van der Waals surface area contributed by atoms with Crippen LogP contribution in [0.4, 0.5) is 17.1 Å². The Morgan fingerprint density at radius 3 is 2.12 bits per heavy atom. The van der Waals surface area contributed by atoms with Gasteiger partial charge in [-0.1, -0.05) is 31.2 Å². The number of methoxy groups -OCH3 is 1. The SMILES string of the molecule is CCCNC.COc1ccc(-c2ccc(N)cn2)cc1.Nc1cc(S)c2ccccc2c1N. The van der Waals surface area contributed by atoms with Crippen LogP contribution in [-0.4, -0.2) is 25.7 Å². The van der Waals surface area contributed by atoms with Crippen LogP contribution in [0.1, 0.15) is 13.3 Å². The van der Waals surface area contributed by atoms with Crippen molar-refractivity contribution >= 4 is 40.5 Å². The van der Waals surface area contributed by atoms with E-state index < -0.39 is 0 Å². The topological polar surface area (TPSA) is 112 Å². The van der Waals surface area contributed by atoms with Gasteiger partial charge in [0.15, 0.2) is 0 Å². The third kappa shape index (κ3) is 7.59. The molecular weight excluding hydrogens is 430 g/mol. The molecule has 0 saturated carbocycles. The van der Waals surface area contributed by atoms with Crippen molar-refractivity contribution < 1.29 is 4.74 Å². The number of hydrogen-bond acceptors (Lipinski definition) is 7. The van der Waals surface area contributed by atoms with Crippen molar-refractivity contribution in [3.8, 4) is 17.0 Å². The van der Waals surface area contributed by atoms with E-state index in [1.54, 1.807) is 19.4 Å². The van der Waals surface area contributed by atoms with Gasteiger partial charge in [0.1, 0.15) is 5.75 Å². The molecule has 0 radical (unpaired) electrons. The molecule has 0 amide bonds. The Morgan fingerprint density at radius 1 is 0.939 bits per heavy atom. The highest BCUT2D eigenvalue weighted by molar-refractivity contribution is 7.80. The van der Waals surface area contributed by atoms with Gasteiger partial charge >= 0.3 is 0 Å². The summed E-state index contributed by atoms with van der Waals surface area (Å²) in [5.41, 5.74) is 21.0. The van der Waals surface area contributed by atoms with E-state index in [0.717, 1.165) is 39.2 Å². The summed E-state index contributed by atoms with van der Waals surface area (Å²) < 4.78 is 5.08. The minimum absolute atomic E-state index is 0.587. The predicted molar refractivity (Wildman–Crippen MR) is 145 cm³/mol. The summed E-state index contributed by atoms with van der Waals surface area (Å²) in [5.74, 6) is 0.842. The molecule has 0 unspecified atom stereocenters. The van der Waals surface area contributed by atoms with Crippen LogP contribution in [0.15, 0.2) is 77.8 Å². The average molecular weight is 464 g/mol. The largest absolute Gasteiger partial charge is 0.497 e. The van der Waals surface area contributed by atoms with Crippen molar-refractivity contribution in [2.24, 2.45) is 0 Å². The molecule has 33 heavy (non-hydrogen) atoms. The van der Waals surface area contributed by atoms with E-state index in [0.29, 0.717) is 17.1 Å². The van der Waals surface area contributed by atoms with Crippen LogP contribution in [0.3, 0.4) is 0 Å². The molecule has 3 aromatic carbocycles. The second-order valence-electron chi connectivity index (χ2n) is 7.25. The number of nitrogens with zero attached hydrogens (tertiary/aromatic N) is 1. The Kier molecular flexibility index (Phi) is 10.3. The van der Waals surface area contributed by atoms with E-state index in [1.807, 2.05) is 67.7 Å². The van der Waals surface area contributed by atoms with Gasteiger partial charge in [-0.3, -0.25) is 4.98 Å². The molecule has 0 aliphatic heterocycles. The zero-order chi connectivity index (χ0) is 24.2. The van der Waals surface area contributed by atoms with Gasteiger partial charge in [0, 0.05) is 15.8 Å². The number of benzene rings is 3. The minimum Gasteiger partial charge on any atom is -0.497 e. The average Bonchev–Trinajstić information content (AvgIpc) is 2.85. The molecule has 7 heteroatoms. The number of pyridine rings is 1. The molecule has 4 rings (SSSR count). The van der Waals surface area contributed by atoms with Crippen LogP contribution < -0.4 is 27.3 Å². The fourth-order valence-electron chi connectivity index (χ4n) is 2.99. The Balaban J connectivity index is 0.000000196. The molecule has 7 N–H and O–H groups in total. The Hall–Kier alpha value is -3.42. The number of nitrogens with two attached hydrogens (primary N) is 3. The number of aromatic nitrogens is 1. The maximum absolute atomic E-state index is 5.83. The number of ether oxygens (including phenoxy) is 1. The maximum atomic E-state index is 5.83. The lowest BCUT2D eigenvalue weighted by atomic mass is 10.1. The molecule has 6 nitrogen and oxygen atoms in total. The number of nitrogen functional groups attached to an aromatic ring is 3. The number of fused-ring (bicyclic) bond motifs is 1. The van der Waals surface area contributed by atoms with Crippen LogP contribution >= 0.6 is 12.6 Å². The lowest BCUT2D eigenvalue weighted by molar-refractivity contribution is 0.415. The fourth-order valence-corrected chi connectivity index (χ4v) is 3.32. The molecule has 4 aromatic rings. The van der Waals surface area contributed by atoms with Crippen molar-refractivity contribution in [1.29, 1.82) is 0 Å². The molecule has 0 spiro atoms. The smallest absolute Gasteiger partial charge is 0.118 e. The highest BCUT2D eigenvalue weighted by Gasteiger charge is 2.04. The lowest BCUT2D eigenvalue weighted by Gasteiger charge is -2.07. The highest BCUT2D eigenvalue weighted by Crippen LogP contribution is 2.31. The first-order valence-corrected chi connectivity index (χ1v) is 11.1. The van der Waals surface area contributed by atoms with Gasteiger partial charge in [0.05, 0.1) is 36.1 Å². The van der Waals surface area contributed by atoms with E-state index in [9.17, 15) is 0 Å². The highest BCUT2D eigenvalue weighted by atomic mass is 32.1. The van der Waals surface area contributed by atoms with E-state index in [1.165, 1.54) is 6.42 Å². The van der Waals surface area contributed by atoms with Crippen LogP contribution in [0.5, 0.6) is 5.75 Å². The molecule has 0 bridgehead atoms. The van der Waals surface area contributed by atoms with Crippen molar-refractivity contribution in [3.63, 3.8) is 0 Å². The second kappa shape index (κ2) is 13.2. The van der Waals surface area contributed by atoms with Gasteiger partial charge < -0.3 is 27.3 Å². The number of nitrogens with one attached hydrogen (secondary N) is 1. The van der Waals surface area contributed by atoms with E-state index >= 15 is 0 Å². The van der Waals surface area contributed by atoms with Gasteiger partial charge in [-0.2, -0.15) is 0 Å². The first-order valence-electron chi connectivity index (χ1n) is 10.7. The summed E-state index contributed by atoms with van der Waals surface area (Å²) in [4.78, 5) is 5.10. The second-order valence-corrected chi connectivity index (χ2v) is 7.73. The number of hydrogen-bond donors (Lipinski definition) is 5. The zero-order valence-corrected chi connectivity index (χ0v) is 20.3. The minimum atomic E-state index is 0.587. The van der Waals surface area contributed by atoms with Crippen molar-refractivity contribution in [2.75, 3.05) is 37.9 Å². The predicted octanol–water partition coefficient (Wildman–Crippen LogP) is 5.25. The summed E-state index contributed by atoms with van der Waals surface area (Å²) in [7, 11) is 3.61. The number of rotatable bonds is 4. The summed E-state index contributed by atoms with van der Waals surface area (Å²) in [5, 5.41) is 5.02. The van der Waals surface area contributed by atoms with Crippen molar-refractivity contribution in [3.05, 3.63) is 72.9 Å². The van der Waals surface area contributed by atoms with Crippen LogP contribution in [0, 0.1) is 0 Å². The van der Waals surface area contributed by atoms with Gasteiger partial charge in [-0.25, -0.2) is 0 Å². The van der Waals surface area contributed by atoms with Crippen LogP contribution in [0.2, 0.25) is 0 Å². The summed E-state index contributed by atoms with van der Waals surface area (Å²) in [6, 6.07) is 21.1. The Morgan fingerprint density at radius 2 is 1.61 bits per heavy atom. The Labute approximate surface area is 201 Å². The van der Waals surface area contributed by atoms with Crippen molar-refractivity contribution in [1.82, 2.24) is 10.3 Å². The standard InChI is InChI=1S/C12H12N2O.C10H10N2S.C4H11N/c1-15-11-5-2-9(3-6-11)12-7-4-10(13)8-14-12;11-8-5-9(13)6-3-1-2-4-7(6)10(8)12;1-3-4-5-2/h2-8H,13H2,1H3;1-5,13H,11-12H2;5H,3-4H2,1-2H3. The molecule has 0 saturated heterocycles. The quantitative estimate of drug-likeness (QED) is 0.209. The molecule has 174 valence electrons. The molecule has 0 fully saturated rings. The Bertz CT molecular complexity index is 1130. The number of thiol groups is 1. The zero-order valence-electron chi connectivity index (χ0n) is 19.4. The molecule has 0 aliphatic carbocycles. The van der Waals surface area contributed by atoms with Crippen LogP contribution in [0.25, 0.3) is 22.0 Å². The fraction of sp³-hybridized carbons (Fsp3) is 0.192. The van der Waals surface area contributed by atoms with Gasteiger partial charge in [0.2, 0.25) is 0 Å². The lowest BCUT2D eigenvalue weighted by Crippen LogP contribution is -2.04. The monoisotopic (exact) mass is 463 g/mol. The first kappa shape index (κ1) is 25.8. The molecule has 1 aromatic heterocycles. The van der Waals surface area contributed by atoms with Gasteiger partial charge in [-0.15, -0.1) is 12.6 Å². The first-order chi connectivity index (χ1) is 15.9. The maximum Gasteiger partial charge on any atom is 0.118 e. The summed E-state index contributed by atoms with van der Waals surface area (Å²) in [6.07, 6.45) is 2.88. The third-order valence-corrected chi connectivity index (χ3v) is 5.14. The van der Waals surface area contributed by atoms with Gasteiger partial charge in [-0.05, 0) is 67.9 Å². The van der Waals surface area contributed by atoms with E-state index in [-0.39, 0.29) is 0 Å². The normalized spacial score (nSPS) is 9.94. The third-order valence-electron chi connectivity index (χ3n) is 4.77. The van der Waals surface area contributed by atoms with Crippen LogP contribution in [-0.2, 0) is 0 Å². The van der Waals surface area contributed by atoms with Crippen molar-refractivity contribution in [2.45, 2.75) is 18.2 Å². The molecule has 0 atom stereocenters. The number of anilines is 3. The van der Waals surface area contributed by atoms with E-state index in [2.05, 4.69) is 29.9 Å². The molecular formula is C26H33N5OS. The summed E-state index contributed by atoms with van der Waals surface area (Å²) >= 11 is 4.33. The molecule has 1 heterocycles. The summed E-state index contributed by atoms with van der Waals surface area (Å²) in [6.45, 7) is 3.29.